The number of para-hydroxylation sites is 1. The highest BCUT2D eigenvalue weighted by Gasteiger charge is 2.27. The molecule has 0 saturated carbocycles. The van der Waals surface area contributed by atoms with Gasteiger partial charge in [0, 0.05) is 18.8 Å². The summed E-state index contributed by atoms with van der Waals surface area (Å²) in [5.41, 5.74) is 0.983. The van der Waals surface area contributed by atoms with Crippen molar-refractivity contribution in [1.82, 2.24) is 15.1 Å². The third kappa shape index (κ3) is 4.04. The highest BCUT2D eigenvalue weighted by Crippen LogP contribution is 2.12. The fourth-order valence-electron chi connectivity index (χ4n) is 2.91. The maximum absolute atomic E-state index is 11.6. The lowest BCUT2D eigenvalue weighted by Crippen LogP contribution is -2.41. The molecule has 2 heterocycles. The standard InChI is InChI=1S/C17H23N5O2/c23-15-13-19-17(24)22(15)12-9-18-16(21-10-5-2-6-11-21)20-14-7-3-1-4-8-14/h1,3-4,7-8H,2,5-6,9-13H2,(H,18,20)(H,19,24). The molecule has 2 aliphatic heterocycles. The third-order valence-electron chi connectivity index (χ3n) is 4.21. The van der Waals surface area contributed by atoms with E-state index < -0.39 is 0 Å². The lowest BCUT2D eigenvalue weighted by atomic mass is 10.1. The van der Waals surface area contributed by atoms with Crippen LogP contribution < -0.4 is 10.6 Å². The van der Waals surface area contributed by atoms with Crippen LogP contribution in [0, 0.1) is 0 Å². The van der Waals surface area contributed by atoms with E-state index in [1.807, 2.05) is 30.3 Å². The topological polar surface area (TPSA) is 77.0 Å². The average molecular weight is 329 g/mol. The van der Waals surface area contributed by atoms with Crippen molar-refractivity contribution in [1.29, 1.82) is 0 Å². The first-order valence-electron chi connectivity index (χ1n) is 8.44. The molecule has 7 heteroatoms. The van der Waals surface area contributed by atoms with Crippen molar-refractivity contribution in [2.75, 3.05) is 38.0 Å². The lowest BCUT2D eigenvalue weighted by molar-refractivity contribution is -0.124. The zero-order valence-corrected chi connectivity index (χ0v) is 13.7. The van der Waals surface area contributed by atoms with E-state index in [0.29, 0.717) is 13.1 Å². The normalized spacial score (nSPS) is 18.8. The van der Waals surface area contributed by atoms with Crippen LogP contribution in [0.15, 0.2) is 35.3 Å². The van der Waals surface area contributed by atoms with Crippen molar-refractivity contribution in [3.05, 3.63) is 30.3 Å². The summed E-state index contributed by atoms with van der Waals surface area (Å²) >= 11 is 0. The first kappa shape index (κ1) is 16.3. The van der Waals surface area contributed by atoms with E-state index in [1.54, 1.807) is 0 Å². The predicted molar refractivity (Wildman–Crippen MR) is 92.9 cm³/mol. The number of guanidine groups is 1. The number of hydrogen-bond donors (Lipinski definition) is 2. The summed E-state index contributed by atoms with van der Waals surface area (Å²) in [6, 6.07) is 9.59. The number of anilines is 1. The molecule has 1 aromatic carbocycles. The molecule has 0 bridgehead atoms. The van der Waals surface area contributed by atoms with Crippen LogP contribution in [-0.2, 0) is 4.79 Å². The number of amides is 3. The molecular weight excluding hydrogens is 306 g/mol. The van der Waals surface area contributed by atoms with E-state index in [1.165, 1.54) is 11.3 Å². The van der Waals surface area contributed by atoms with E-state index in [9.17, 15) is 9.59 Å². The summed E-state index contributed by atoms with van der Waals surface area (Å²) in [4.78, 5) is 31.3. The molecule has 3 rings (SSSR count). The van der Waals surface area contributed by atoms with Gasteiger partial charge in [-0.3, -0.25) is 14.7 Å². The van der Waals surface area contributed by atoms with Gasteiger partial charge in [-0.1, -0.05) is 18.2 Å². The molecule has 2 aliphatic rings. The SMILES string of the molecule is O=C1CNC(=O)N1CCN=C(Nc1ccccc1)N1CCCCC1. The first-order valence-corrected chi connectivity index (χ1v) is 8.44. The van der Waals surface area contributed by atoms with Gasteiger partial charge in [-0.05, 0) is 31.4 Å². The molecule has 0 unspecified atom stereocenters. The van der Waals surface area contributed by atoms with Gasteiger partial charge in [-0.2, -0.15) is 0 Å². The van der Waals surface area contributed by atoms with Crippen LogP contribution in [0.3, 0.4) is 0 Å². The molecule has 128 valence electrons. The second kappa shape index (κ2) is 7.81. The Morgan fingerprint density at radius 1 is 1.12 bits per heavy atom. The number of likely N-dealkylation sites (tertiary alicyclic amines) is 1. The Hall–Kier alpha value is -2.57. The second-order valence-corrected chi connectivity index (χ2v) is 5.95. The maximum Gasteiger partial charge on any atom is 0.324 e. The van der Waals surface area contributed by atoms with Crippen molar-refractivity contribution in [3.63, 3.8) is 0 Å². The number of imide groups is 1. The van der Waals surface area contributed by atoms with Crippen molar-refractivity contribution in [3.8, 4) is 0 Å². The summed E-state index contributed by atoms with van der Waals surface area (Å²) in [5, 5.41) is 5.89. The zero-order chi connectivity index (χ0) is 16.8. The highest BCUT2D eigenvalue weighted by atomic mass is 16.2. The minimum Gasteiger partial charge on any atom is -0.343 e. The average Bonchev–Trinajstić information content (AvgIpc) is 2.94. The van der Waals surface area contributed by atoms with Gasteiger partial charge >= 0.3 is 6.03 Å². The van der Waals surface area contributed by atoms with Crippen molar-refractivity contribution in [2.24, 2.45) is 4.99 Å². The van der Waals surface area contributed by atoms with Gasteiger partial charge in [0.05, 0.1) is 19.6 Å². The van der Waals surface area contributed by atoms with Gasteiger partial charge < -0.3 is 15.5 Å². The molecule has 7 nitrogen and oxygen atoms in total. The zero-order valence-electron chi connectivity index (χ0n) is 13.7. The van der Waals surface area contributed by atoms with Crippen molar-refractivity contribution < 1.29 is 9.59 Å². The number of carbonyl (C=O) groups is 2. The second-order valence-electron chi connectivity index (χ2n) is 5.95. The molecule has 2 fully saturated rings. The minimum atomic E-state index is -0.328. The summed E-state index contributed by atoms with van der Waals surface area (Å²) in [7, 11) is 0. The Labute approximate surface area is 141 Å². The molecule has 0 aliphatic carbocycles. The number of urea groups is 1. The molecule has 0 radical (unpaired) electrons. The van der Waals surface area contributed by atoms with E-state index in [0.717, 1.165) is 37.6 Å². The Morgan fingerprint density at radius 3 is 2.54 bits per heavy atom. The van der Waals surface area contributed by atoms with Crippen LogP contribution in [0.2, 0.25) is 0 Å². The molecule has 2 saturated heterocycles. The van der Waals surface area contributed by atoms with Gasteiger partial charge in [0.2, 0.25) is 5.91 Å². The van der Waals surface area contributed by atoms with Crippen LogP contribution in [0.1, 0.15) is 19.3 Å². The van der Waals surface area contributed by atoms with Gasteiger partial charge in [0.15, 0.2) is 5.96 Å². The quantitative estimate of drug-likeness (QED) is 0.498. The molecule has 3 amide bonds. The number of benzene rings is 1. The number of carbonyl (C=O) groups excluding carboxylic acids is 2. The third-order valence-corrected chi connectivity index (χ3v) is 4.21. The number of hydrogen-bond acceptors (Lipinski definition) is 3. The first-order chi connectivity index (χ1) is 11.7. The van der Waals surface area contributed by atoms with Crippen LogP contribution in [0.4, 0.5) is 10.5 Å². The Kier molecular flexibility index (Phi) is 5.30. The summed E-state index contributed by atoms with van der Waals surface area (Å²) in [6.07, 6.45) is 3.56. The van der Waals surface area contributed by atoms with Gasteiger partial charge in [-0.25, -0.2) is 4.79 Å². The van der Waals surface area contributed by atoms with E-state index in [4.69, 9.17) is 0 Å². The number of nitrogens with one attached hydrogen (secondary N) is 2. The van der Waals surface area contributed by atoms with E-state index in [2.05, 4.69) is 20.5 Å². The fraction of sp³-hybridized carbons (Fsp3) is 0.471. The van der Waals surface area contributed by atoms with Gasteiger partial charge in [0.1, 0.15) is 0 Å². The highest BCUT2D eigenvalue weighted by molar-refractivity contribution is 6.02. The Balaban J connectivity index is 1.66. The van der Waals surface area contributed by atoms with Crippen LogP contribution in [-0.4, -0.2) is 60.4 Å². The molecule has 0 spiro atoms. The molecule has 0 atom stereocenters. The fourth-order valence-corrected chi connectivity index (χ4v) is 2.91. The lowest BCUT2D eigenvalue weighted by Gasteiger charge is -2.30. The molecule has 0 aromatic heterocycles. The molecule has 24 heavy (non-hydrogen) atoms. The minimum absolute atomic E-state index is 0.0871. The largest absolute Gasteiger partial charge is 0.343 e. The molecular formula is C17H23N5O2. The molecule has 2 N–H and O–H groups in total. The van der Waals surface area contributed by atoms with Crippen LogP contribution >= 0.6 is 0 Å². The van der Waals surface area contributed by atoms with Gasteiger partial charge in [0.25, 0.3) is 0 Å². The smallest absolute Gasteiger partial charge is 0.324 e. The summed E-state index contributed by atoms with van der Waals surface area (Å²) < 4.78 is 0. The van der Waals surface area contributed by atoms with E-state index >= 15 is 0 Å². The van der Waals surface area contributed by atoms with Gasteiger partial charge in [-0.15, -0.1) is 0 Å². The number of piperidine rings is 1. The predicted octanol–water partition coefficient (Wildman–Crippen LogP) is 1.49. The monoisotopic (exact) mass is 329 g/mol. The maximum atomic E-state index is 11.6. The summed E-state index contributed by atoms with van der Waals surface area (Å²) in [6.45, 7) is 2.73. The van der Waals surface area contributed by atoms with Crippen LogP contribution in [0.5, 0.6) is 0 Å². The van der Waals surface area contributed by atoms with E-state index in [-0.39, 0.29) is 18.5 Å². The van der Waals surface area contributed by atoms with Crippen molar-refractivity contribution >= 4 is 23.6 Å². The Bertz CT molecular complexity index is 595. The summed E-state index contributed by atoms with van der Waals surface area (Å²) in [5.74, 6) is 0.624. The number of nitrogens with zero attached hydrogens (tertiary/aromatic N) is 3. The Morgan fingerprint density at radius 2 is 1.88 bits per heavy atom. The van der Waals surface area contributed by atoms with Crippen molar-refractivity contribution in [2.45, 2.75) is 19.3 Å². The number of aliphatic imine (C=N–C) groups is 1. The molecule has 1 aromatic rings. The number of rotatable bonds is 4. The van der Waals surface area contributed by atoms with Crippen LogP contribution in [0.25, 0.3) is 0 Å².